The normalized spacial score (nSPS) is 21.7. The van der Waals surface area contributed by atoms with Gasteiger partial charge in [-0.2, -0.15) is 5.10 Å². The predicted molar refractivity (Wildman–Crippen MR) is 121 cm³/mol. The van der Waals surface area contributed by atoms with Crippen LogP contribution in [-0.2, 0) is 0 Å². The van der Waals surface area contributed by atoms with Gasteiger partial charge in [-0.3, -0.25) is 4.79 Å². The number of nitrogens with zero attached hydrogens (tertiary/aromatic N) is 3. The van der Waals surface area contributed by atoms with Crippen molar-refractivity contribution in [3.05, 3.63) is 96.0 Å². The highest BCUT2D eigenvalue weighted by molar-refractivity contribution is 6.09. The second kappa shape index (κ2) is 7.64. The van der Waals surface area contributed by atoms with Gasteiger partial charge in [-0.05, 0) is 67.3 Å². The molecule has 0 N–H and O–H groups in total. The third-order valence-electron chi connectivity index (χ3n) is 6.22. The first-order chi connectivity index (χ1) is 15.8. The number of pyridine rings is 1. The van der Waals surface area contributed by atoms with Crippen LogP contribution in [0, 0.1) is 5.92 Å². The molecule has 0 radical (unpaired) electrons. The average Bonchev–Trinajstić information content (AvgIpc) is 3.59. The Hall–Kier alpha value is -3.93. The number of hydrogen-bond donors (Lipinski definition) is 0. The SMILES string of the molecule is O=C(c1ccc2ccccc2n1)N1N=C2/C(=C\c3ccco3)CCC[C@H]2[C@H]1c1ccco1. The molecule has 1 aliphatic carbocycles. The molecule has 6 heteroatoms. The van der Waals surface area contributed by atoms with Crippen LogP contribution < -0.4 is 0 Å². The molecule has 1 saturated carbocycles. The van der Waals surface area contributed by atoms with Crippen molar-refractivity contribution < 1.29 is 13.6 Å². The lowest BCUT2D eigenvalue weighted by molar-refractivity contribution is 0.0651. The number of rotatable bonds is 3. The summed E-state index contributed by atoms with van der Waals surface area (Å²) in [6.45, 7) is 0. The van der Waals surface area contributed by atoms with E-state index in [1.807, 2.05) is 60.7 Å². The highest BCUT2D eigenvalue weighted by atomic mass is 16.3. The summed E-state index contributed by atoms with van der Waals surface area (Å²) in [5.74, 6) is 1.37. The Morgan fingerprint density at radius 3 is 2.72 bits per heavy atom. The van der Waals surface area contributed by atoms with Gasteiger partial charge in [-0.25, -0.2) is 9.99 Å². The van der Waals surface area contributed by atoms with Gasteiger partial charge < -0.3 is 8.83 Å². The number of benzene rings is 1. The van der Waals surface area contributed by atoms with Crippen LogP contribution in [0.25, 0.3) is 17.0 Å². The number of allylic oxidation sites excluding steroid dienone is 1. The standard InChI is InChI=1S/C26H21N3O3/c30-26(22-13-12-17-6-1-2-10-21(17)27-22)29-25(23-11-5-15-32-23)20-9-3-7-18(24(20)28-29)16-19-8-4-14-31-19/h1-2,4-6,8,10-16,20,25H,3,7,9H2/b18-16-/t20-,25+/m1/s1. The molecule has 6 rings (SSSR count). The summed E-state index contributed by atoms with van der Waals surface area (Å²) >= 11 is 0. The molecule has 6 nitrogen and oxygen atoms in total. The van der Waals surface area contributed by atoms with E-state index in [2.05, 4.69) is 4.98 Å². The topological polar surface area (TPSA) is 71.8 Å². The van der Waals surface area contributed by atoms with E-state index >= 15 is 0 Å². The van der Waals surface area contributed by atoms with Gasteiger partial charge >= 0.3 is 0 Å². The minimum atomic E-state index is -0.291. The van der Waals surface area contributed by atoms with Crippen molar-refractivity contribution in [2.45, 2.75) is 25.3 Å². The van der Waals surface area contributed by atoms with Crippen LogP contribution in [0.2, 0.25) is 0 Å². The minimum Gasteiger partial charge on any atom is -0.467 e. The molecule has 158 valence electrons. The fraction of sp³-hybridized carbons (Fsp3) is 0.192. The summed E-state index contributed by atoms with van der Waals surface area (Å²) in [7, 11) is 0. The zero-order valence-electron chi connectivity index (χ0n) is 17.3. The summed E-state index contributed by atoms with van der Waals surface area (Å²) < 4.78 is 11.3. The third-order valence-corrected chi connectivity index (χ3v) is 6.22. The number of hydrazone groups is 1. The number of furan rings is 2. The van der Waals surface area contributed by atoms with Gasteiger partial charge in [0, 0.05) is 11.3 Å². The van der Waals surface area contributed by atoms with E-state index in [4.69, 9.17) is 13.9 Å². The van der Waals surface area contributed by atoms with E-state index in [9.17, 15) is 4.79 Å². The van der Waals surface area contributed by atoms with Crippen molar-refractivity contribution in [3.8, 4) is 0 Å². The molecule has 4 aromatic rings. The predicted octanol–water partition coefficient (Wildman–Crippen LogP) is 5.86. The molecular weight excluding hydrogens is 402 g/mol. The molecule has 0 saturated heterocycles. The molecule has 1 aliphatic heterocycles. The summed E-state index contributed by atoms with van der Waals surface area (Å²) in [5, 5.41) is 7.42. The molecule has 2 aliphatic rings. The molecule has 0 spiro atoms. The number of carbonyl (C=O) groups excluding carboxylic acids is 1. The van der Waals surface area contributed by atoms with Gasteiger partial charge in [0.05, 0.1) is 23.8 Å². The molecule has 1 amide bonds. The Kier molecular flexibility index (Phi) is 4.49. The molecule has 2 atom stereocenters. The average molecular weight is 423 g/mol. The lowest BCUT2D eigenvalue weighted by Crippen LogP contribution is -2.32. The molecule has 32 heavy (non-hydrogen) atoms. The van der Waals surface area contributed by atoms with Crippen LogP contribution in [0.4, 0.5) is 0 Å². The lowest BCUT2D eigenvalue weighted by Gasteiger charge is -2.27. The fourth-order valence-corrected chi connectivity index (χ4v) is 4.75. The van der Waals surface area contributed by atoms with Crippen LogP contribution in [0.15, 0.2) is 92.7 Å². The number of carbonyl (C=O) groups is 1. The first-order valence-corrected chi connectivity index (χ1v) is 10.8. The van der Waals surface area contributed by atoms with E-state index in [-0.39, 0.29) is 17.9 Å². The summed E-state index contributed by atoms with van der Waals surface area (Å²) in [4.78, 5) is 18.3. The van der Waals surface area contributed by atoms with Gasteiger partial charge in [0.1, 0.15) is 23.3 Å². The van der Waals surface area contributed by atoms with Crippen LogP contribution in [0.1, 0.15) is 47.3 Å². The number of fused-ring (bicyclic) bond motifs is 2. The maximum Gasteiger partial charge on any atom is 0.293 e. The molecule has 4 heterocycles. The van der Waals surface area contributed by atoms with Crippen molar-refractivity contribution in [2.24, 2.45) is 11.0 Å². The number of para-hydroxylation sites is 1. The van der Waals surface area contributed by atoms with Crippen molar-refractivity contribution in [3.63, 3.8) is 0 Å². The minimum absolute atomic E-state index is 0.0699. The summed E-state index contributed by atoms with van der Waals surface area (Å²) in [5.41, 5.74) is 3.20. The Balaban J connectivity index is 1.43. The van der Waals surface area contributed by atoms with Crippen LogP contribution in [0.3, 0.4) is 0 Å². The zero-order valence-corrected chi connectivity index (χ0v) is 17.3. The quantitative estimate of drug-likeness (QED) is 0.414. The number of amides is 1. The van der Waals surface area contributed by atoms with Crippen molar-refractivity contribution >= 4 is 28.6 Å². The summed E-state index contributed by atoms with van der Waals surface area (Å²) in [6.07, 6.45) is 8.20. The van der Waals surface area contributed by atoms with Crippen LogP contribution >= 0.6 is 0 Å². The molecule has 3 aromatic heterocycles. The van der Waals surface area contributed by atoms with Crippen molar-refractivity contribution in [2.75, 3.05) is 0 Å². The highest BCUT2D eigenvalue weighted by Gasteiger charge is 2.45. The highest BCUT2D eigenvalue weighted by Crippen LogP contribution is 2.45. The van der Waals surface area contributed by atoms with Gasteiger partial charge in [-0.1, -0.05) is 24.3 Å². The van der Waals surface area contributed by atoms with E-state index in [0.717, 1.165) is 53.0 Å². The van der Waals surface area contributed by atoms with Crippen LogP contribution in [0.5, 0.6) is 0 Å². The number of aromatic nitrogens is 1. The Labute approximate surface area is 184 Å². The first kappa shape index (κ1) is 18.8. The Bertz CT molecular complexity index is 1340. The summed E-state index contributed by atoms with van der Waals surface area (Å²) in [6, 6.07) is 18.8. The smallest absolute Gasteiger partial charge is 0.293 e. The molecular formula is C26H21N3O3. The largest absolute Gasteiger partial charge is 0.467 e. The maximum absolute atomic E-state index is 13.6. The third kappa shape index (κ3) is 3.15. The van der Waals surface area contributed by atoms with Crippen LogP contribution in [-0.4, -0.2) is 21.6 Å². The first-order valence-electron chi connectivity index (χ1n) is 10.8. The zero-order chi connectivity index (χ0) is 21.5. The molecule has 0 bridgehead atoms. The van der Waals surface area contributed by atoms with E-state index in [1.165, 1.54) is 0 Å². The fourth-order valence-electron chi connectivity index (χ4n) is 4.75. The Morgan fingerprint density at radius 2 is 1.88 bits per heavy atom. The van der Waals surface area contributed by atoms with Gasteiger partial charge in [-0.15, -0.1) is 0 Å². The van der Waals surface area contributed by atoms with Gasteiger partial charge in [0.2, 0.25) is 0 Å². The van der Waals surface area contributed by atoms with Gasteiger partial charge in [0.25, 0.3) is 5.91 Å². The lowest BCUT2D eigenvalue weighted by atomic mass is 9.79. The Morgan fingerprint density at radius 1 is 1.00 bits per heavy atom. The molecule has 1 fully saturated rings. The second-order valence-corrected chi connectivity index (χ2v) is 8.17. The van der Waals surface area contributed by atoms with Crippen molar-refractivity contribution in [1.29, 1.82) is 0 Å². The van der Waals surface area contributed by atoms with E-state index in [1.54, 1.807) is 23.6 Å². The van der Waals surface area contributed by atoms with Crippen molar-refractivity contribution in [1.82, 2.24) is 9.99 Å². The second-order valence-electron chi connectivity index (χ2n) is 8.17. The molecule has 1 aromatic carbocycles. The van der Waals surface area contributed by atoms with E-state index < -0.39 is 0 Å². The number of hydrogen-bond acceptors (Lipinski definition) is 5. The molecule has 0 unspecified atom stereocenters. The maximum atomic E-state index is 13.6. The monoisotopic (exact) mass is 423 g/mol. The van der Waals surface area contributed by atoms with Gasteiger partial charge in [0.15, 0.2) is 0 Å². The van der Waals surface area contributed by atoms with E-state index in [0.29, 0.717) is 5.69 Å².